The molecule has 0 N–H and O–H groups in total. The summed E-state index contributed by atoms with van der Waals surface area (Å²) in [4.78, 5) is 14.8. The molecule has 5 heteroatoms. The van der Waals surface area contributed by atoms with Gasteiger partial charge in [0, 0.05) is 30.2 Å². The summed E-state index contributed by atoms with van der Waals surface area (Å²) >= 11 is 5.90. The highest BCUT2D eigenvalue weighted by Crippen LogP contribution is 2.22. The minimum Gasteiger partial charge on any atom is -0.355 e. The molecule has 0 bridgehead atoms. The lowest BCUT2D eigenvalue weighted by Crippen LogP contribution is -2.18. The molecule has 0 radical (unpaired) electrons. The van der Waals surface area contributed by atoms with E-state index in [2.05, 4.69) is 19.9 Å². The van der Waals surface area contributed by atoms with Crippen molar-refractivity contribution in [3.63, 3.8) is 0 Å². The van der Waals surface area contributed by atoms with Crippen molar-refractivity contribution in [2.45, 2.75) is 6.54 Å². The number of anilines is 1. The Morgan fingerprint density at radius 2 is 1.90 bits per heavy atom. The van der Waals surface area contributed by atoms with Crippen molar-refractivity contribution in [2.75, 3.05) is 11.9 Å². The lowest BCUT2D eigenvalue weighted by Gasteiger charge is -2.19. The van der Waals surface area contributed by atoms with E-state index >= 15 is 0 Å². The van der Waals surface area contributed by atoms with Crippen LogP contribution in [0.3, 0.4) is 0 Å². The normalized spacial score (nSPS) is 10.7. The predicted molar refractivity (Wildman–Crippen MR) is 80.9 cm³/mol. The number of hydrogen-bond acceptors (Lipinski definition) is 4. The molecule has 0 unspecified atom stereocenters. The van der Waals surface area contributed by atoms with Crippen LogP contribution in [-0.4, -0.2) is 22.0 Å². The third-order valence-electron chi connectivity index (χ3n) is 3.11. The van der Waals surface area contributed by atoms with E-state index in [9.17, 15) is 0 Å². The highest BCUT2D eigenvalue weighted by atomic mass is 35.5. The van der Waals surface area contributed by atoms with Crippen LogP contribution in [0.25, 0.3) is 10.9 Å². The second kappa shape index (κ2) is 5.43. The fourth-order valence-corrected chi connectivity index (χ4v) is 2.26. The van der Waals surface area contributed by atoms with E-state index in [1.54, 1.807) is 18.7 Å². The first-order valence-electron chi connectivity index (χ1n) is 6.24. The maximum atomic E-state index is 5.90. The standard InChI is InChI=1S/C15H13ClN4/c1-20(9-11-2-4-12(16)5-3-11)15-13-6-7-17-8-14(13)18-10-19-15/h2-8,10H,9H2,1H3. The topological polar surface area (TPSA) is 41.9 Å². The monoisotopic (exact) mass is 284 g/mol. The Bertz CT molecular complexity index is 722. The number of fused-ring (bicyclic) bond motifs is 1. The van der Waals surface area contributed by atoms with Gasteiger partial charge in [-0.1, -0.05) is 23.7 Å². The molecule has 1 aromatic carbocycles. The Labute approximate surface area is 122 Å². The molecule has 100 valence electrons. The molecule has 0 aliphatic carbocycles. The molecule has 0 saturated carbocycles. The van der Waals surface area contributed by atoms with Gasteiger partial charge in [0.2, 0.25) is 0 Å². The molecule has 0 aliphatic heterocycles. The van der Waals surface area contributed by atoms with Gasteiger partial charge in [0.1, 0.15) is 12.1 Å². The van der Waals surface area contributed by atoms with Crippen molar-refractivity contribution in [1.29, 1.82) is 0 Å². The Balaban J connectivity index is 1.92. The molecule has 0 aliphatic rings. The smallest absolute Gasteiger partial charge is 0.140 e. The third kappa shape index (κ3) is 2.56. The maximum absolute atomic E-state index is 5.90. The molecule has 2 heterocycles. The summed E-state index contributed by atoms with van der Waals surface area (Å²) in [6.07, 6.45) is 5.07. The molecular weight excluding hydrogens is 272 g/mol. The summed E-state index contributed by atoms with van der Waals surface area (Å²) in [6.45, 7) is 0.756. The SMILES string of the molecule is CN(Cc1ccc(Cl)cc1)c1ncnc2cnccc12. The van der Waals surface area contributed by atoms with Crippen LogP contribution in [-0.2, 0) is 6.54 Å². The molecule has 0 spiro atoms. The van der Waals surface area contributed by atoms with Gasteiger partial charge in [-0.25, -0.2) is 9.97 Å². The average Bonchev–Trinajstić information content (AvgIpc) is 2.49. The van der Waals surface area contributed by atoms with Gasteiger partial charge in [-0.15, -0.1) is 0 Å². The van der Waals surface area contributed by atoms with Gasteiger partial charge in [0.05, 0.1) is 11.7 Å². The molecule has 0 atom stereocenters. The zero-order valence-corrected chi connectivity index (χ0v) is 11.7. The van der Waals surface area contributed by atoms with Crippen LogP contribution in [0.15, 0.2) is 49.1 Å². The Morgan fingerprint density at radius 3 is 2.70 bits per heavy atom. The van der Waals surface area contributed by atoms with Gasteiger partial charge in [-0.3, -0.25) is 4.98 Å². The highest BCUT2D eigenvalue weighted by molar-refractivity contribution is 6.30. The number of aromatic nitrogens is 3. The zero-order chi connectivity index (χ0) is 13.9. The average molecular weight is 285 g/mol. The molecule has 0 amide bonds. The summed E-state index contributed by atoms with van der Waals surface area (Å²) in [6, 6.07) is 9.76. The third-order valence-corrected chi connectivity index (χ3v) is 3.36. The van der Waals surface area contributed by atoms with Crippen LogP contribution in [0, 0.1) is 0 Å². The molecule has 4 nitrogen and oxygen atoms in total. The molecule has 0 saturated heterocycles. The van der Waals surface area contributed by atoms with Gasteiger partial charge >= 0.3 is 0 Å². The largest absolute Gasteiger partial charge is 0.355 e. The Morgan fingerprint density at radius 1 is 1.10 bits per heavy atom. The highest BCUT2D eigenvalue weighted by Gasteiger charge is 2.08. The first kappa shape index (κ1) is 12.8. The van der Waals surface area contributed by atoms with Crippen LogP contribution in [0.5, 0.6) is 0 Å². The van der Waals surface area contributed by atoms with E-state index in [-0.39, 0.29) is 0 Å². The second-order valence-corrected chi connectivity index (χ2v) is 5.01. The van der Waals surface area contributed by atoms with Crippen molar-refractivity contribution in [1.82, 2.24) is 15.0 Å². The van der Waals surface area contributed by atoms with Crippen LogP contribution >= 0.6 is 11.6 Å². The van der Waals surface area contributed by atoms with E-state index in [4.69, 9.17) is 11.6 Å². The fraction of sp³-hybridized carbons (Fsp3) is 0.133. The lowest BCUT2D eigenvalue weighted by atomic mass is 10.2. The van der Waals surface area contributed by atoms with Crippen molar-refractivity contribution < 1.29 is 0 Å². The summed E-state index contributed by atoms with van der Waals surface area (Å²) < 4.78 is 0. The Kier molecular flexibility index (Phi) is 3.48. The first-order chi connectivity index (χ1) is 9.74. The van der Waals surface area contributed by atoms with E-state index in [0.29, 0.717) is 0 Å². The van der Waals surface area contributed by atoms with Gasteiger partial charge in [0.15, 0.2) is 0 Å². The van der Waals surface area contributed by atoms with Crippen molar-refractivity contribution >= 4 is 28.3 Å². The summed E-state index contributed by atoms with van der Waals surface area (Å²) in [5.74, 6) is 0.896. The van der Waals surface area contributed by atoms with Crippen LogP contribution in [0.2, 0.25) is 5.02 Å². The molecule has 3 rings (SSSR count). The van der Waals surface area contributed by atoms with Gasteiger partial charge < -0.3 is 4.90 Å². The Hall–Kier alpha value is -2.20. The molecule has 20 heavy (non-hydrogen) atoms. The van der Waals surface area contributed by atoms with Crippen LogP contribution in [0.1, 0.15) is 5.56 Å². The van der Waals surface area contributed by atoms with E-state index < -0.39 is 0 Å². The zero-order valence-electron chi connectivity index (χ0n) is 11.0. The summed E-state index contributed by atoms with van der Waals surface area (Å²) in [5.41, 5.74) is 2.03. The number of nitrogens with zero attached hydrogens (tertiary/aromatic N) is 4. The molecule has 3 aromatic rings. The minimum absolute atomic E-state index is 0.745. The van der Waals surface area contributed by atoms with Gasteiger partial charge in [-0.05, 0) is 23.8 Å². The number of hydrogen-bond donors (Lipinski definition) is 0. The van der Waals surface area contributed by atoms with Crippen molar-refractivity contribution in [3.05, 3.63) is 59.6 Å². The summed E-state index contributed by atoms with van der Waals surface area (Å²) in [7, 11) is 2.01. The fourth-order valence-electron chi connectivity index (χ4n) is 2.14. The van der Waals surface area contributed by atoms with Gasteiger partial charge in [-0.2, -0.15) is 0 Å². The minimum atomic E-state index is 0.745. The molecule has 0 fully saturated rings. The van der Waals surface area contributed by atoms with Crippen molar-refractivity contribution in [3.8, 4) is 0 Å². The predicted octanol–water partition coefficient (Wildman–Crippen LogP) is 3.31. The van der Waals surface area contributed by atoms with Crippen LogP contribution < -0.4 is 4.90 Å². The number of rotatable bonds is 3. The number of pyridine rings is 1. The van der Waals surface area contributed by atoms with Gasteiger partial charge in [0.25, 0.3) is 0 Å². The summed E-state index contributed by atoms with van der Waals surface area (Å²) in [5, 5.41) is 1.74. The quantitative estimate of drug-likeness (QED) is 0.740. The lowest BCUT2D eigenvalue weighted by molar-refractivity contribution is 0.900. The van der Waals surface area contributed by atoms with Crippen molar-refractivity contribution in [2.24, 2.45) is 0 Å². The van der Waals surface area contributed by atoms with E-state index in [1.807, 2.05) is 37.4 Å². The maximum Gasteiger partial charge on any atom is 0.140 e. The van der Waals surface area contributed by atoms with Crippen LogP contribution in [0.4, 0.5) is 5.82 Å². The molecular formula is C15H13ClN4. The van der Waals surface area contributed by atoms with E-state index in [0.717, 1.165) is 28.3 Å². The molecule has 2 aromatic heterocycles. The number of halogens is 1. The van der Waals surface area contributed by atoms with E-state index in [1.165, 1.54) is 5.56 Å². The number of benzene rings is 1. The first-order valence-corrected chi connectivity index (χ1v) is 6.62. The second-order valence-electron chi connectivity index (χ2n) is 4.57.